The second kappa shape index (κ2) is 7.78. The molecule has 0 fully saturated rings. The van der Waals surface area contributed by atoms with Gasteiger partial charge in [-0.3, -0.25) is 0 Å². The zero-order valence-electron chi connectivity index (χ0n) is 16.1. The third-order valence-corrected chi connectivity index (χ3v) is 5.27. The maximum absolute atomic E-state index is 4.94. The van der Waals surface area contributed by atoms with Crippen molar-refractivity contribution in [2.45, 2.75) is 26.8 Å². The lowest BCUT2D eigenvalue weighted by Crippen LogP contribution is -2.32. The highest BCUT2D eigenvalue weighted by molar-refractivity contribution is 5.65. The van der Waals surface area contributed by atoms with Gasteiger partial charge in [0.25, 0.3) is 0 Å². The summed E-state index contributed by atoms with van der Waals surface area (Å²) >= 11 is 0. The predicted octanol–water partition coefficient (Wildman–Crippen LogP) is 4.55. The second-order valence-electron chi connectivity index (χ2n) is 6.89. The van der Waals surface area contributed by atoms with E-state index in [1.165, 1.54) is 11.1 Å². The van der Waals surface area contributed by atoms with Gasteiger partial charge in [0, 0.05) is 37.8 Å². The minimum atomic E-state index is 0.827. The summed E-state index contributed by atoms with van der Waals surface area (Å²) in [6, 6.07) is 21.2. The first-order chi connectivity index (χ1) is 13.3. The van der Waals surface area contributed by atoms with Gasteiger partial charge in [0.15, 0.2) is 0 Å². The first-order valence-corrected chi connectivity index (χ1v) is 9.79. The molecular weight excluding hydrogens is 332 g/mol. The number of aromatic nitrogens is 2. The highest BCUT2D eigenvalue weighted by Crippen LogP contribution is 2.28. The van der Waals surface area contributed by atoms with Crippen molar-refractivity contribution >= 4 is 11.8 Å². The minimum absolute atomic E-state index is 0.827. The third kappa shape index (κ3) is 3.65. The summed E-state index contributed by atoms with van der Waals surface area (Å²) in [4.78, 5) is 14.5. The zero-order valence-corrected chi connectivity index (χ0v) is 16.1. The molecule has 0 radical (unpaired) electrons. The molecular formula is C23H26N4. The SMILES string of the molecule is CCN(CC)c1cc(-c2ccccc2)nc(N2CCc3ccccc3C2)n1. The second-order valence-corrected chi connectivity index (χ2v) is 6.89. The van der Waals surface area contributed by atoms with E-state index in [2.05, 4.69) is 78.2 Å². The molecule has 3 aromatic rings. The highest BCUT2D eigenvalue weighted by Gasteiger charge is 2.20. The van der Waals surface area contributed by atoms with Crippen LogP contribution in [0, 0.1) is 0 Å². The van der Waals surface area contributed by atoms with Gasteiger partial charge in [-0.25, -0.2) is 4.98 Å². The lowest BCUT2D eigenvalue weighted by atomic mass is 10.0. The summed E-state index contributed by atoms with van der Waals surface area (Å²) in [5.41, 5.74) is 4.94. The van der Waals surface area contributed by atoms with Crippen LogP contribution in [0.25, 0.3) is 11.3 Å². The molecule has 0 N–H and O–H groups in total. The van der Waals surface area contributed by atoms with Crippen molar-refractivity contribution in [2.24, 2.45) is 0 Å². The molecule has 0 saturated heterocycles. The van der Waals surface area contributed by atoms with E-state index in [9.17, 15) is 0 Å². The smallest absolute Gasteiger partial charge is 0.228 e. The van der Waals surface area contributed by atoms with Gasteiger partial charge >= 0.3 is 0 Å². The van der Waals surface area contributed by atoms with Gasteiger partial charge < -0.3 is 9.80 Å². The molecule has 1 aliphatic rings. The Kier molecular flexibility index (Phi) is 5.05. The Labute approximate surface area is 161 Å². The van der Waals surface area contributed by atoms with Crippen LogP contribution in [-0.2, 0) is 13.0 Å². The fraction of sp³-hybridized carbons (Fsp3) is 0.304. The van der Waals surface area contributed by atoms with Crippen LogP contribution in [-0.4, -0.2) is 29.6 Å². The van der Waals surface area contributed by atoms with Crippen molar-refractivity contribution < 1.29 is 0 Å². The van der Waals surface area contributed by atoms with Crippen LogP contribution in [0.1, 0.15) is 25.0 Å². The fourth-order valence-electron chi connectivity index (χ4n) is 3.70. The molecule has 0 spiro atoms. The molecule has 27 heavy (non-hydrogen) atoms. The predicted molar refractivity (Wildman–Crippen MR) is 112 cm³/mol. The summed E-state index contributed by atoms with van der Waals surface area (Å²) in [6.07, 6.45) is 1.04. The van der Waals surface area contributed by atoms with Gasteiger partial charge in [0.1, 0.15) is 5.82 Å². The highest BCUT2D eigenvalue weighted by atomic mass is 15.3. The quantitative estimate of drug-likeness (QED) is 0.670. The van der Waals surface area contributed by atoms with Crippen molar-refractivity contribution in [2.75, 3.05) is 29.4 Å². The molecule has 0 unspecified atom stereocenters. The monoisotopic (exact) mass is 358 g/mol. The van der Waals surface area contributed by atoms with E-state index in [4.69, 9.17) is 9.97 Å². The number of nitrogens with zero attached hydrogens (tertiary/aromatic N) is 4. The van der Waals surface area contributed by atoms with Crippen LogP contribution in [0.3, 0.4) is 0 Å². The molecule has 1 aliphatic heterocycles. The molecule has 4 nitrogen and oxygen atoms in total. The number of hydrogen-bond donors (Lipinski definition) is 0. The lowest BCUT2D eigenvalue weighted by molar-refractivity contribution is 0.705. The van der Waals surface area contributed by atoms with E-state index < -0.39 is 0 Å². The zero-order chi connectivity index (χ0) is 18.6. The van der Waals surface area contributed by atoms with E-state index in [0.29, 0.717) is 0 Å². The van der Waals surface area contributed by atoms with E-state index in [0.717, 1.165) is 55.6 Å². The van der Waals surface area contributed by atoms with E-state index in [1.807, 2.05) is 6.07 Å². The summed E-state index contributed by atoms with van der Waals surface area (Å²) < 4.78 is 0. The molecule has 2 aromatic carbocycles. The third-order valence-electron chi connectivity index (χ3n) is 5.27. The Hall–Kier alpha value is -2.88. The standard InChI is InChI=1S/C23H26N4/c1-3-26(4-2)22-16-21(19-11-6-5-7-12-19)24-23(25-22)27-15-14-18-10-8-9-13-20(18)17-27/h5-13,16H,3-4,14-15,17H2,1-2H3. The van der Waals surface area contributed by atoms with Gasteiger partial charge in [-0.1, -0.05) is 54.6 Å². The van der Waals surface area contributed by atoms with E-state index >= 15 is 0 Å². The lowest BCUT2D eigenvalue weighted by Gasteiger charge is -2.30. The van der Waals surface area contributed by atoms with Crippen LogP contribution in [0.5, 0.6) is 0 Å². The minimum Gasteiger partial charge on any atom is -0.357 e. The Morgan fingerprint density at radius 2 is 1.59 bits per heavy atom. The molecule has 0 amide bonds. The number of fused-ring (bicyclic) bond motifs is 1. The van der Waals surface area contributed by atoms with Crippen molar-refractivity contribution in [3.63, 3.8) is 0 Å². The molecule has 0 aliphatic carbocycles. The van der Waals surface area contributed by atoms with Crippen LogP contribution < -0.4 is 9.80 Å². The first-order valence-electron chi connectivity index (χ1n) is 9.79. The molecule has 138 valence electrons. The maximum Gasteiger partial charge on any atom is 0.228 e. The summed E-state index contributed by atoms with van der Waals surface area (Å²) in [5.74, 6) is 1.83. The fourth-order valence-corrected chi connectivity index (χ4v) is 3.70. The number of rotatable bonds is 5. The van der Waals surface area contributed by atoms with Gasteiger partial charge in [-0.05, 0) is 31.4 Å². The topological polar surface area (TPSA) is 32.3 Å². The Bertz CT molecular complexity index is 903. The Morgan fingerprint density at radius 1 is 0.889 bits per heavy atom. The van der Waals surface area contributed by atoms with E-state index in [-0.39, 0.29) is 0 Å². The number of anilines is 2. The van der Waals surface area contributed by atoms with Gasteiger partial charge in [-0.15, -0.1) is 0 Å². The molecule has 4 rings (SSSR count). The molecule has 0 bridgehead atoms. The summed E-state index contributed by atoms with van der Waals surface area (Å²) in [6.45, 7) is 8.03. The molecule has 2 heterocycles. The molecule has 1 aromatic heterocycles. The maximum atomic E-state index is 4.94. The average Bonchev–Trinajstić information content (AvgIpc) is 2.75. The Balaban J connectivity index is 1.75. The number of hydrogen-bond acceptors (Lipinski definition) is 4. The van der Waals surface area contributed by atoms with Gasteiger partial charge in [0.2, 0.25) is 5.95 Å². The van der Waals surface area contributed by atoms with Crippen LogP contribution in [0.2, 0.25) is 0 Å². The Morgan fingerprint density at radius 3 is 2.33 bits per heavy atom. The largest absolute Gasteiger partial charge is 0.357 e. The van der Waals surface area contributed by atoms with Crippen molar-refractivity contribution in [1.29, 1.82) is 0 Å². The first kappa shape index (κ1) is 17.5. The van der Waals surface area contributed by atoms with Crippen LogP contribution in [0.15, 0.2) is 60.7 Å². The normalized spacial score (nSPS) is 13.3. The van der Waals surface area contributed by atoms with Crippen LogP contribution in [0.4, 0.5) is 11.8 Å². The van der Waals surface area contributed by atoms with E-state index in [1.54, 1.807) is 0 Å². The number of benzene rings is 2. The summed E-state index contributed by atoms with van der Waals surface area (Å²) in [5, 5.41) is 0. The van der Waals surface area contributed by atoms with Crippen LogP contribution >= 0.6 is 0 Å². The van der Waals surface area contributed by atoms with Gasteiger partial charge in [0.05, 0.1) is 5.69 Å². The van der Waals surface area contributed by atoms with Crippen molar-refractivity contribution in [3.05, 3.63) is 71.8 Å². The average molecular weight is 358 g/mol. The molecule has 0 atom stereocenters. The molecule has 4 heteroatoms. The van der Waals surface area contributed by atoms with Crippen molar-refractivity contribution in [3.8, 4) is 11.3 Å². The van der Waals surface area contributed by atoms with Gasteiger partial charge in [-0.2, -0.15) is 4.98 Å². The molecule has 0 saturated carbocycles. The van der Waals surface area contributed by atoms with Crippen molar-refractivity contribution in [1.82, 2.24) is 9.97 Å². The summed E-state index contributed by atoms with van der Waals surface area (Å²) in [7, 11) is 0.